The van der Waals surface area contributed by atoms with Gasteiger partial charge >= 0.3 is 0 Å². The number of Topliss-reactive ketones (excluding diaryl/α,β-unsaturated/α-hetero) is 1. The van der Waals surface area contributed by atoms with E-state index in [0.717, 1.165) is 18.8 Å². The first-order valence-electron chi connectivity index (χ1n) is 11.7. The van der Waals surface area contributed by atoms with Crippen molar-refractivity contribution < 1.29 is 17.9 Å². The number of carbonyl (C=O) groups excluding carboxylic acids is 1. The summed E-state index contributed by atoms with van der Waals surface area (Å²) in [5.74, 6) is 0.360. The summed E-state index contributed by atoms with van der Waals surface area (Å²) in [5, 5.41) is 13.1. The van der Waals surface area contributed by atoms with Crippen LogP contribution in [0.5, 0.6) is 11.5 Å². The van der Waals surface area contributed by atoms with Crippen molar-refractivity contribution in [2.75, 3.05) is 22.7 Å². The Morgan fingerprint density at radius 3 is 2.41 bits per heavy atom. The van der Waals surface area contributed by atoms with E-state index in [0.29, 0.717) is 5.75 Å². The van der Waals surface area contributed by atoms with E-state index in [1.165, 1.54) is 31.2 Å². The predicted octanol–water partition coefficient (Wildman–Crippen LogP) is 5.19. The Morgan fingerprint density at radius 1 is 1.11 bits per heavy atom. The van der Waals surface area contributed by atoms with Crippen LogP contribution in [0.1, 0.15) is 36.7 Å². The zero-order valence-electron chi connectivity index (χ0n) is 20.7. The van der Waals surface area contributed by atoms with Crippen LogP contribution in [-0.2, 0) is 10.0 Å². The molecule has 3 aromatic rings. The van der Waals surface area contributed by atoms with Gasteiger partial charge in [0.05, 0.1) is 15.6 Å². The molecule has 0 spiro atoms. The average molecular weight is 539 g/mol. The third-order valence-electron chi connectivity index (χ3n) is 6.00. The van der Waals surface area contributed by atoms with Crippen molar-refractivity contribution in [3.63, 3.8) is 0 Å². The van der Waals surface area contributed by atoms with Gasteiger partial charge in [-0.15, -0.1) is 0 Å². The quantitative estimate of drug-likeness (QED) is 0.398. The van der Waals surface area contributed by atoms with Crippen molar-refractivity contribution >= 4 is 38.8 Å². The molecule has 1 heterocycles. The molecule has 2 unspecified atom stereocenters. The lowest BCUT2D eigenvalue weighted by Gasteiger charge is -2.38. The number of ether oxygens (including phenoxy) is 1. The monoisotopic (exact) mass is 538 g/mol. The molecule has 1 fully saturated rings. The molecule has 8 nitrogen and oxygen atoms in total. The van der Waals surface area contributed by atoms with Gasteiger partial charge in [-0.2, -0.15) is 5.26 Å². The van der Waals surface area contributed by atoms with Gasteiger partial charge in [0, 0.05) is 36.4 Å². The zero-order chi connectivity index (χ0) is 26.7. The van der Waals surface area contributed by atoms with Crippen molar-refractivity contribution in [1.82, 2.24) is 5.32 Å². The van der Waals surface area contributed by atoms with Gasteiger partial charge in [-0.25, -0.2) is 8.42 Å². The van der Waals surface area contributed by atoms with Gasteiger partial charge in [0.2, 0.25) is 0 Å². The number of piperazine rings is 1. The largest absolute Gasteiger partial charge is 0.456 e. The van der Waals surface area contributed by atoms with E-state index in [1.54, 1.807) is 30.3 Å². The maximum absolute atomic E-state index is 13.2. The number of nitriles is 1. The highest BCUT2D eigenvalue weighted by molar-refractivity contribution is 7.92. The van der Waals surface area contributed by atoms with Gasteiger partial charge in [-0.05, 0) is 75.4 Å². The molecule has 0 saturated carbocycles. The molecule has 0 amide bonds. The Hall–Kier alpha value is -3.58. The van der Waals surface area contributed by atoms with Crippen molar-refractivity contribution in [2.24, 2.45) is 0 Å². The van der Waals surface area contributed by atoms with E-state index in [4.69, 9.17) is 16.3 Å². The molecule has 1 aliphatic rings. The summed E-state index contributed by atoms with van der Waals surface area (Å²) in [7, 11) is -4.01. The number of rotatable bonds is 7. The molecule has 0 aliphatic carbocycles. The number of sulfonamides is 1. The van der Waals surface area contributed by atoms with Gasteiger partial charge < -0.3 is 15.0 Å². The highest BCUT2D eigenvalue weighted by atomic mass is 35.5. The maximum Gasteiger partial charge on any atom is 0.261 e. The molecule has 4 rings (SSSR count). The van der Waals surface area contributed by atoms with Gasteiger partial charge in [0.25, 0.3) is 10.0 Å². The number of nitrogens with zero attached hydrogens (tertiary/aromatic N) is 2. The lowest BCUT2D eigenvalue weighted by Crippen LogP contribution is -2.54. The fraction of sp³-hybridized carbons (Fsp3) is 0.259. The molecule has 2 N–H and O–H groups in total. The van der Waals surface area contributed by atoms with Gasteiger partial charge in [-0.3, -0.25) is 9.52 Å². The van der Waals surface area contributed by atoms with Crippen LogP contribution in [0.2, 0.25) is 5.02 Å². The first-order chi connectivity index (χ1) is 17.6. The van der Waals surface area contributed by atoms with Crippen molar-refractivity contribution in [3.05, 3.63) is 76.8 Å². The second-order valence-electron chi connectivity index (χ2n) is 9.06. The minimum Gasteiger partial charge on any atom is -0.456 e. The maximum atomic E-state index is 13.2. The number of ketones is 1. The fourth-order valence-corrected chi connectivity index (χ4v) is 5.65. The smallest absolute Gasteiger partial charge is 0.261 e. The summed E-state index contributed by atoms with van der Waals surface area (Å²) in [4.78, 5) is 14.4. The van der Waals surface area contributed by atoms with E-state index >= 15 is 0 Å². The molecule has 0 bridgehead atoms. The van der Waals surface area contributed by atoms with E-state index in [1.807, 2.05) is 12.1 Å². The van der Waals surface area contributed by atoms with Crippen LogP contribution in [0.25, 0.3) is 0 Å². The van der Waals surface area contributed by atoms with E-state index < -0.39 is 10.0 Å². The van der Waals surface area contributed by atoms with Crippen LogP contribution in [0, 0.1) is 11.3 Å². The Labute approximate surface area is 221 Å². The first-order valence-corrected chi connectivity index (χ1v) is 13.6. The normalized spacial score (nSPS) is 17.6. The van der Waals surface area contributed by atoms with Crippen LogP contribution in [0.3, 0.4) is 0 Å². The van der Waals surface area contributed by atoms with Crippen LogP contribution in [0.4, 0.5) is 11.4 Å². The Morgan fingerprint density at radius 2 is 1.78 bits per heavy atom. The Balaban J connectivity index is 1.59. The SMILES string of the molecule is CC(=O)c1ccc(N2CC(C)NC(C)C2)cc1NS(=O)(=O)c1ccc(Oc2cccc(Cl)c2C#N)cc1. The summed E-state index contributed by atoms with van der Waals surface area (Å²) in [5.41, 5.74) is 1.53. The summed E-state index contributed by atoms with van der Waals surface area (Å²) >= 11 is 6.05. The van der Waals surface area contributed by atoms with Gasteiger partial charge in [0.15, 0.2) is 5.78 Å². The highest BCUT2D eigenvalue weighted by Crippen LogP contribution is 2.31. The minimum atomic E-state index is -4.01. The number of nitrogens with one attached hydrogen (secondary N) is 2. The van der Waals surface area contributed by atoms with Crippen LogP contribution in [-0.4, -0.2) is 39.4 Å². The lowest BCUT2D eigenvalue weighted by molar-refractivity contribution is 0.101. The summed E-state index contributed by atoms with van der Waals surface area (Å²) < 4.78 is 34.8. The molecule has 1 aliphatic heterocycles. The molecule has 37 heavy (non-hydrogen) atoms. The molecule has 3 aromatic carbocycles. The molecular weight excluding hydrogens is 512 g/mol. The molecule has 1 saturated heterocycles. The number of carbonyl (C=O) groups is 1. The standard InChI is InChI=1S/C27H27ClN4O4S/c1-17-15-32(16-18(2)30-17)20-7-12-23(19(3)33)26(13-20)31-37(34,35)22-10-8-21(9-11-22)36-27-6-4-5-25(28)24(27)14-29/h4-13,17-18,30-31H,15-16H2,1-3H3. The van der Waals surface area contributed by atoms with Crippen molar-refractivity contribution in [2.45, 2.75) is 37.8 Å². The molecule has 10 heteroatoms. The number of hydrogen-bond donors (Lipinski definition) is 2. The molecule has 0 aromatic heterocycles. The Bertz CT molecular complexity index is 1460. The zero-order valence-corrected chi connectivity index (χ0v) is 22.2. The predicted molar refractivity (Wildman–Crippen MR) is 144 cm³/mol. The summed E-state index contributed by atoms with van der Waals surface area (Å²) in [6, 6.07) is 18.4. The molecule has 0 radical (unpaired) electrons. The first kappa shape index (κ1) is 26.5. The number of halogens is 1. The Kier molecular flexibility index (Phi) is 7.73. The third kappa shape index (κ3) is 6.05. The van der Waals surface area contributed by atoms with Crippen molar-refractivity contribution in [1.29, 1.82) is 5.26 Å². The van der Waals surface area contributed by atoms with Gasteiger partial charge in [0.1, 0.15) is 23.1 Å². The molecule has 2 atom stereocenters. The average Bonchev–Trinajstić information content (AvgIpc) is 2.83. The van der Waals surface area contributed by atoms with Crippen LogP contribution < -0.4 is 19.7 Å². The third-order valence-corrected chi connectivity index (χ3v) is 7.69. The van der Waals surface area contributed by atoms with E-state index in [9.17, 15) is 18.5 Å². The highest BCUT2D eigenvalue weighted by Gasteiger charge is 2.24. The summed E-state index contributed by atoms with van der Waals surface area (Å²) in [6.45, 7) is 7.11. The van der Waals surface area contributed by atoms with Crippen LogP contribution >= 0.6 is 11.6 Å². The summed E-state index contributed by atoms with van der Waals surface area (Å²) in [6.07, 6.45) is 0. The number of anilines is 2. The second kappa shape index (κ2) is 10.8. The second-order valence-corrected chi connectivity index (χ2v) is 11.2. The van der Waals surface area contributed by atoms with E-state index in [2.05, 4.69) is 28.8 Å². The number of hydrogen-bond acceptors (Lipinski definition) is 7. The number of benzene rings is 3. The van der Waals surface area contributed by atoms with Crippen LogP contribution in [0.15, 0.2) is 65.6 Å². The van der Waals surface area contributed by atoms with Crippen molar-refractivity contribution in [3.8, 4) is 17.6 Å². The molecular formula is C27H27ClN4O4S. The minimum absolute atomic E-state index is 0.00391. The molecule has 192 valence electrons. The topological polar surface area (TPSA) is 112 Å². The van der Waals surface area contributed by atoms with E-state index in [-0.39, 0.29) is 50.3 Å². The fourth-order valence-electron chi connectivity index (χ4n) is 4.37. The van der Waals surface area contributed by atoms with Gasteiger partial charge in [-0.1, -0.05) is 17.7 Å². The lowest BCUT2D eigenvalue weighted by atomic mass is 10.1.